The molecule has 0 aromatic heterocycles. The number of amides is 1. The summed E-state index contributed by atoms with van der Waals surface area (Å²) in [5.74, 6) is -1.51. The number of hydrogen-bond donors (Lipinski definition) is 3. The van der Waals surface area contributed by atoms with Crippen LogP contribution in [-0.2, 0) is 14.3 Å². The van der Waals surface area contributed by atoms with Gasteiger partial charge in [-0.1, -0.05) is 0 Å². The lowest BCUT2D eigenvalue weighted by molar-refractivity contribution is -0.143. The van der Waals surface area contributed by atoms with Gasteiger partial charge < -0.3 is 20.5 Å². The zero-order valence-corrected chi connectivity index (χ0v) is 8.77. The summed E-state index contributed by atoms with van der Waals surface area (Å²) in [6.07, 6.45) is 0.721. The SMILES string of the molecule is CCOC(=O)CNC(=O)CNC(O)=C[N+]#N. The van der Waals surface area contributed by atoms with E-state index in [4.69, 9.17) is 10.5 Å². The first-order chi connectivity index (χ1) is 7.60. The number of carbonyl (C=O) groups excluding carboxylic acids is 2. The molecule has 0 aromatic rings. The number of rotatable bonds is 6. The second-order valence-electron chi connectivity index (χ2n) is 2.57. The summed E-state index contributed by atoms with van der Waals surface area (Å²) < 4.78 is 4.57. The van der Waals surface area contributed by atoms with Gasteiger partial charge in [-0.3, -0.25) is 9.59 Å². The highest BCUT2D eigenvalue weighted by Gasteiger charge is 2.07. The molecule has 0 aromatic carbocycles. The Hall–Kier alpha value is -2.30. The van der Waals surface area contributed by atoms with Crippen molar-refractivity contribution in [1.82, 2.24) is 10.6 Å². The van der Waals surface area contributed by atoms with Crippen LogP contribution in [0.4, 0.5) is 0 Å². The molecule has 3 N–H and O–H groups in total. The van der Waals surface area contributed by atoms with Crippen molar-refractivity contribution in [3.05, 3.63) is 17.1 Å². The molecule has 88 valence electrons. The van der Waals surface area contributed by atoms with Gasteiger partial charge in [0, 0.05) is 0 Å². The van der Waals surface area contributed by atoms with Crippen molar-refractivity contribution < 1.29 is 19.4 Å². The third kappa shape index (κ3) is 7.14. The molecule has 0 aliphatic heterocycles. The Morgan fingerprint density at radius 3 is 2.69 bits per heavy atom. The molecule has 16 heavy (non-hydrogen) atoms. The Bertz CT molecular complexity index is 320. The minimum Gasteiger partial charge on any atom is -0.490 e. The molecule has 0 spiro atoms. The first-order valence-electron chi connectivity index (χ1n) is 4.49. The van der Waals surface area contributed by atoms with Crippen LogP contribution < -0.4 is 10.6 Å². The van der Waals surface area contributed by atoms with Crippen LogP contribution in [0.15, 0.2) is 12.1 Å². The van der Waals surface area contributed by atoms with Crippen molar-refractivity contribution in [2.75, 3.05) is 19.7 Å². The van der Waals surface area contributed by atoms with Gasteiger partial charge in [0.1, 0.15) is 6.54 Å². The van der Waals surface area contributed by atoms with Gasteiger partial charge in [0.25, 0.3) is 5.88 Å². The van der Waals surface area contributed by atoms with E-state index < -0.39 is 17.8 Å². The van der Waals surface area contributed by atoms with Gasteiger partial charge in [-0.05, 0) is 6.92 Å². The van der Waals surface area contributed by atoms with Crippen LogP contribution in [0.3, 0.4) is 0 Å². The quantitative estimate of drug-likeness (QED) is 0.320. The molecule has 0 saturated carbocycles. The second kappa shape index (κ2) is 8.05. The van der Waals surface area contributed by atoms with Gasteiger partial charge in [-0.2, -0.15) is 0 Å². The average molecular weight is 229 g/mol. The van der Waals surface area contributed by atoms with Crippen LogP contribution in [0, 0.1) is 5.39 Å². The van der Waals surface area contributed by atoms with E-state index in [-0.39, 0.29) is 19.7 Å². The molecule has 0 aliphatic carbocycles. The summed E-state index contributed by atoms with van der Waals surface area (Å²) in [5.41, 5.74) is 0. The molecule has 0 bridgehead atoms. The maximum Gasteiger partial charge on any atom is 0.409 e. The van der Waals surface area contributed by atoms with Crippen LogP contribution in [0.1, 0.15) is 6.92 Å². The monoisotopic (exact) mass is 229 g/mol. The standard InChI is InChI=1S/C8H12N4O4/c1-2-16-8(15)5-11-6(13)3-10-7(14)4-12-9/h4,10H,2-3,5H2,1H3,(H-,11,13,14)/p+1. The van der Waals surface area contributed by atoms with Gasteiger partial charge in [-0.25, -0.2) is 0 Å². The minimum atomic E-state index is -0.541. The molecule has 0 aliphatic rings. The van der Waals surface area contributed by atoms with E-state index >= 15 is 0 Å². The highest BCUT2D eigenvalue weighted by molar-refractivity contribution is 5.83. The van der Waals surface area contributed by atoms with Crippen LogP contribution >= 0.6 is 0 Å². The summed E-state index contributed by atoms with van der Waals surface area (Å²) in [7, 11) is 0. The summed E-state index contributed by atoms with van der Waals surface area (Å²) in [4.78, 5) is 24.4. The van der Waals surface area contributed by atoms with Crippen molar-refractivity contribution in [1.29, 1.82) is 5.39 Å². The van der Waals surface area contributed by atoms with Gasteiger partial charge >= 0.3 is 12.2 Å². The number of hydrogen-bond acceptors (Lipinski definition) is 6. The molecule has 0 unspecified atom stereocenters. The number of ether oxygens (including phenoxy) is 1. The van der Waals surface area contributed by atoms with Crippen molar-refractivity contribution in [2.24, 2.45) is 0 Å². The van der Waals surface area contributed by atoms with Crippen molar-refractivity contribution >= 4 is 11.9 Å². The van der Waals surface area contributed by atoms with Crippen LogP contribution in [0.2, 0.25) is 0 Å². The summed E-state index contributed by atoms with van der Waals surface area (Å²) in [6, 6.07) is 0. The Morgan fingerprint density at radius 2 is 2.12 bits per heavy atom. The number of aliphatic hydroxyl groups excluding tert-OH is 1. The number of carbonyl (C=O) groups is 2. The minimum absolute atomic E-state index is 0.233. The van der Waals surface area contributed by atoms with Crippen molar-refractivity contribution in [2.45, 2.75) is 6.92 Å². The Kier molecular flexibility index (Phi) is 6.89. The van der Waals surface area contributed by atoms with Crippen molar-refractivity contribution in [3.8, 4) is 0 Å². The summed E-state index contributed by atoms with van der Waals surface area (Å²) >= 11 is 0. The van der Waals surface area contributed by atoms with Crippen LogP contribution in [0.5, 0.6) is 0 Å². The molecular weight excluding hydrogens is 216 g/mol. The number of esters is 1. The number of diazo groups is 1. The third-order valence-corrected chi connectivity index (χ3v) is 1.35. The molecule has 0 heterocycles. The molecule has 8 nitrogen and oxygen atoms in total. The van der Waals surface area contributed by atoms with E-state index in [1.54, 1.807) is 6.92 Å². The predicted molar refractivity (Wildman–Crippen MR) is 53.4 cm³/mol. The third-order valence-electron chi connectivity index (χ3n) is 1.35. The van der Waals surface area contributed by atoms with Gasteiger partial charge in [-0.15, -0.1) is 0 Å². The van der Waals surface area contributed by atoms with Crippen LogP contribution in [-0.4, -0.2) is 36.7 Å². The lowest BCUT2D eigenvalue weighted by atomic mass is 10.5. The lowest BCUT2D eigenvalue weighted by Gasteiger charge is -2.05. The molecule has 0 fully saturated rings. The van der Waals surface area contributed by atoms with E-state index in [1.165, 1.54) is 0 Å². The summed E-state index contributed by atoms with van der Waals surface area (Å²) in [6.45, 7) is 1.41. The number of nitrogens with one attached hydrogen (secondary N) is 2. The van der Waals surface area contributed by atoms with Gasteiger partial charge in [0.2, 0.25) is 11.3 Å². The normalized spacial score (nSPS) is 10.1. The molecule has 0 atom stereocenters. The van der Waals surface area contributed by atoms with Gasteiger partial charge in [0.15, 0.2) is 4.98 Å². The fraction of sp³-hybridized carbons (Fsp3) is 0.500. The molecule has 0 rings (SSSR count). The van der Waals surface area contributed by atoms with Crippen LogP contribution in [0.25, 0.3) is 4.98 Å². The maximum atomic E-state index is 11.0. The maximum absolute atomic E-state index is 11.0. The highest BCUT2D eigenvalue weighted by atomic mass is 16.5. The summed E-state index contributed by atoms with van der Waals surface area (Å²) in [5, 5.41) is 21.4. The van der Waals surface area contributed by atoms with E-state index in [0.717, 1.165) is 6.20 Å². The Morgan fingerprint density at radius 1 is 1.44 bits per heavy atom. The average Bonchev–Trinajstić information content (AvgIpc) is 2.24. The molecule has 0 saturated heterocycles. The molecule has 8 heteroatoms. The van der Waals surface area contributed by atoms with E-state index in [9.17, 15) is 9.59 Å². The largest absolute Gasteiger partial charge is 0.490 e. The predicted octanol–water partition coefficient (Wildman–Crippen LogP) is -0.535. The smallest absolute Gasteiger partial charge is 0.409 e. The topological polar surface area (TPSA) is 116 Å². The first-order valence-corrected chi connectivity index (χ1v) is 4.49. The van der Waals surface area contributed by atoms with E-state index in [2.05, 4.69) is 20.3 Å². The zero-order chi connectivity index (χ0) is 12.4. The first kappa shape index (κ1) is 13.7. The molecular formula is C8H13N4O4+. The fourth-order valence-electron chi connectivity index (χ4n) is 0.716. The lowest BCUT2D eigenvalue weighted by Crippen LogP contribution is -2.37. The number of aliphatic hydroxyl groups is 1. The molecule has 0 radical (unpaired) electrons. The van der Waals surface area contributed by atoms with Crippen molar-refractivity contribution in [3.63, 3.8) is 0 Å². The van der Waals surface area contributed by atoms with E-state index in [1.807, 2.05) is 0 Å². The zero-order valence-electron chi connectivity index (χ0n) is 8.77. The second-order valence-corrected chi connectivity index (χ2v) is 2.57. The molecule has 1 amide bonds. The van der Waals surface area contributed by atoms with Gasteiger partial charge in [0.05, 0.1) is 13.2 Å². The van der Waals surface area contributed by atoms with E-state index in [0.29, 0.717) is 0 Å². The Labute approximate surface area is 91.9 Å². The Balaban J connectivity index is 3.72. The highest BCUT2D eigenvalue weighted by Crippen LogP contribution is 1.81. The number of nitrogens with zero attached hydrogens (tertiary/aromatic N) is 2. The fourth-order valence-corrected chi connectivity index (χ4v) is 0.716.